The summed E-state index contributed by atoms with van der Waals surface area (Å²) in [5.74, 6) is 0.463. The number of hydrogen-bond acceptors (Lipinski definition) is 2. The van der Waals surface area contributed by atoms with Gasteiger partial charge in [-0.15, -0.1) is 0 Å². The first kappa shape index (κ1) is 13.6. The van der Waals surface area contributed by atoms with Gasteiger partial charge in [-0.05, 0) is 50.1 Å². The predicted molar refractivity (Wildman–Crippen MR) is 78.3 cm³/mol. The largest absolute Gasteiger partial charge is 0.381 e. The van der Waals surface area contributed by atoms with Crippen molar-refractivity contribution in [3.05, 3.63) is 35.3 Å². The Balaban J connectivity index is 1.74. The molecule has 1 saturated heterocycles. The Bertz CT molecular complexity index is 602. The fourth-order valence-electron chi connectivity index (χ4n) is 3.02. The average molecular weight is 276 g/mol. The molecule has 1 atom stereocenters. The van der Waals surface area contributed by atoms with Crippen LogP contribution in [0.5, 0.6) is 0 Å². The van der Waals surface area contributed by atoms with Crippen LogP contribution in [0.25, 0.3) is 10.9 Å². The van der Waals surface area contributed by atoms with Gasteiger partial charge in [0.15, 0.2) is 0 Å². The van der Waals surface area contributed by atoms with Gasteiger partial charge < -0.3 is 14.6 Å². The molecule has 0 saturated carbocycles. The summed E-state index contributed by atoms with van der Waals surface area (Å²) >= 11 is 0. The molecule has 1 fully saturated rings. The van der Waals surface area contributed by atoms with Gasteiger partial charge in [0.25, 0.3) is 0 Å². The summed E-state index contributed by atoms with van der Waals surface area (Å²) in [6, 6.07) is 4.92. The van der Waals surface area contributed by atoms with E-state index >= 15 is 0 Å². The summed E-state index contributed by atoms with van der Waals surface area (Å²) in [5.41, 5.74) is 3.33. The maximum absolute atomic E-state index is 13.3. The molecule has 1 aliphatic heterocycles. The number of benzene rings is 1. The molecule has 3 nitrogen and oxygen atoms in total. The van der Waals surface area contributed by atoms with E-state index in [4.69, 9.17) is 4.74 Å². The highest BCUT2D eigenvalue weighted by Gasteiger charge is 2.18. The van der Waals surface area contributed by atoms with Crippen molar-refractivity contribution in [1.29, 1.82) is 0 Å². The lowest BCUT2D eigenvalue weighted by atomic mass is 10.1. The minimum Gasteiger partial charge on any atom is -0.381 e. The second-order valence-corrected chi connectivity index (χ2v) is 5.84. The van der Waals surface area contributed by atoms with E-state index in [1.165, 1.54) is 11.8 Å². The average Bonchev–Trinajstić information content (AvgIpc) is 3.00. The molecule has 108 valence electrons. The van der Waals surface area contributed by atoms with Crippen molar-refractivity contribution in [3.63, 3.8) is 0 Å². The van der Waals surface area contributed by atoms with E-state index in [9.17, 15) is 4.39 Å². The van der Waals surface area contributed by atoms with Gasteiger partial charge in [-0.3, -0.25) is 0 Å². The van der Waals surface area contributed by atoms with Crippen LogP contribution in [0.4, 0.5) is 4.39 Å². The molecule has 3 rings (SSSR count). The highest BCUT2D eigenvalue weighted by molar-refractivity contribution is 5.84. The third-order valence-corrected chi connectivity index (χ3v) is 4.15. The van der Waals surface area contributed by atoms with Crippen molar-refractivity contribution in [3.8, 4) is 0 Å². The molecular formula is C16H21FN2O. The number of ether oxygens (including phenoxy) is 1. The van der Waals surface area contributed by atoms with E-state index in [1.54, 1.807) is 6.07 Å². The smallest absolute Gasteiger partial charge is 0.123 e. The molecule has 0 spiro atoms. The third-order valence-electron chi connectivity index (χ3n) is 4.15. The lowest BCUT2D eigenvalue weighted by Crippen LogP contribution is -2.26. The normalized spacial score (nSPS) is 19.3. The molecule has 0 amide bonds. The molecule has 0 aliphatic carbocycles. The molecule has 1 N–H and O–H groups in total. The topological polar surface area (TPSA) is 28.3 Å². The van der Waals surface area contributed by atoms with E-state index in [1.807, 2.05) is 6.07 Å². The highest BCUT2D eigenvalue weighted by Crippen LogP contribution is 2.24. The summed E-state index contributed by atoms with van der Waals surface area (Å²) in [6.45, 7) is 5.73. The first-order valence-electron chi connectivity index (χ1n) is 7.16. The monoisotopic (exact) mass is 276 g/mol. The standard InChI is InChI=1S/C16H21FN2O/c1-11-14-7-13(17)3-4-15(14)18-16(11)9-19(2)8-12-5-6-20-10-12/h3-4,7,12,18H,5-6,8-10H2,1-2H3. The number of rotatable bonds is 4. The SMILES string of the molecule is Cc1c(CN(C)CC2CCOC2)[nH]c2ccc(F)cc12. The Kier molecular flexibility index (Phi) is 3.76. The zero-order valence-corrected chi connectivity index (χ0v) is 12.1. The van der Waals surface area contributed by atoms with Crippen LogP contribution < -0.4 is 0 Å². The van der Waals surface area contributed by atoms with Gasteiger partial charge in [0.05, 0.1) is 6.61 Å². The van der Waals surface area contributed by atoms with E-state index in [0.29, 0.717) is 5.92 Å². The Morgan fingerprint density at radius 2 is 2.30 bits per heavy atom. The highest BCUT2D eigenvalue weighted by atomic mass is 19.1. The molecule has 20 heavy (non-hydrogen) atoms. The predicted octanol–water partition coefficient (Wildman–Crippen LogP) is 3.08. The van der Waals surface area contributed by atoms with Crippen LogP contribution in [0.3, 0.4) is 0 Å². The number of hydrogen-bond donors (Lipinski definition) is 1. The molecule has 0 radical (unpaired) electrons. The lowest BCUT2D eigenvalue weighted by molar-refractivity contribution is 0.172. The van der Waals surface area contributed by atoms with Crippen molar-refractivity contribution in [2.45, 2.75) is 19.9 Å². The van der Waals surface area contributed by atoms with E-state index in [2.05, 4.69) is 23.9 Å². The van der Waals surface area contributed by atoms with Crippen LogP contribution in [-0.4, -0.2) is 36.7 Å². The Labute approximate surface area is 118 Å². The molecule has 2 heterocycles. The van der Waals surface area contributed by atoms with E-state index in [-0.39, 0.29) is 5.82 Å². The van der Waals surface area contributed by atoms with Gasteiger partial charge in [-0.25, -0.2) is 4.39 Å². The number of aryl methyl sites for hydroxylation is 1. The van der Waals surface area contributed by atoms with E-state index < -0.39 is 0 Å². The number of nitrogens with zero attached hydrogens (tertiary/aromatic N) is 1. The van der Waals surface area contributed by atoms with Gasteiger partial charge in [-0.1, -0.05) is 0 Å². The van der Waals surface area contributed by atoms with Crippen molar-refractivity contribution in [2.75, 3.05) is 26.8 Å². The number of H-pyrrole nitrogens is 1. The fourth-order valence-corrected chi connectivity index (χ4v) is 3.02. The van der Waals surface area contributed by atoms with Gasteiger partial charge in [0, 0.05) is 36.3 Å². The summed E-state index contributed by atoms with van der Waals surface area (Å²) in [5, 5.41) is 0.984. The maximum atomic E-state index is 13.3. The van der Waals surface area contributed by atoms with Crippen LogP contribution in [0.15, 0.2) is 18.2 Å². The Morgan fingerprint density at radius 3 is 3.05 bits per heavy atom. The summed E-state index contributed by atoms with van der Waals surface area (Å²) in [6.07, 6.45) is 1.15. The van der Waals surface area contributed by atoms with E-state index in [0.717, 1.165) is 49.2 Å². The Hall–Kier alpha value is -1.39. The molecule has 4 heteroatoms. The van der Waals surface area contributed by atoms with Crippen LogP contribution in [0.2, 0.25) is 0 Å². The van der Waals surface area contributed by atoms with Crippen molar-refractivity contribution in [1.82, 2.24) is 9.88 Å². The van der Waals surface area contributed by atoms with Crippen LogP contribution in [0.1, 0.15) is 17.7 Å². The number of nitrogens with one attached hydrogen (secondary N) is 1. The van der Waals surface area contributed by atoms with Gasteiger partial charge >= 0.3 is 0 Å². The van der Waals surface area contributed by atoms with Crippen LogP contribution in [0, 0.1) is 18.7 Å². The molecule has 0 bridgehead atoms. The molecule has 1 aromatic carbocycles. The minimum absolute atomic E-state index is 0.178. The molecule has 2 aromatic rings. The first-order chi connectivity index (χ1) is 9.63. The second-order valence-electron chi connectivity index (χ2n) is 5.84. The van der Waals surface area contributed by atoms with Gasteiger partial charge in [-0.2, -0.15) is 0 Å². The van der Waals surface area contributed by atoms with Crippen LogP contribution in [-0.2, 0) is 11.3 Å². The zero-order valence-electron chi connectivity index (χ0n) is 12.1. The molecule has 1 aliphatic rings. The molecule has 1 unspecified atom stereocenters. The summed E-state index contributed by atoms with van der Waals surface area (Å²) < 4.78 is 18.7. The third kappa shape index (κ3) is 2.72. The maximum Gasteiger partial charge on any atom is 0.123 e. The molecular weight excluding hydrogens is 255 g/mol. The summed E-state index contributed by atoms with van der Waals surface area (Å²) in [4.78, 5) is 5.72. The number of fused-ring (bicyclic) bond motifs is 1. The summed E-state index contributed by atoms with van der Waals surface area (Å²) in [7, 11) is 2.13. The van der Waals surface area contributed by atoms with Crippen molar-refractivity contribution >= 4 is 10.9 Å². The minimum atomic E-state index is -0.178. The second kappa shape index (κ2) is 5.54. The Morgan fingerprint density at radius 1 is 1.45 bits per heavy atom. The van der Waals surface area contributed by atoms with Gasteiger partial charge in [0.1, 0.15) is 5.82 Å². The lowest BCUT2D eigenvalue weighted by Gasteiger charge is -2.19. The van der Waals surface area contributed by atoms with Crippen molar-refractivity contribution in [2.24, 2.45) is 5.92 Å². The number of aromatic amines is 1. The molecule has 1 aromatic heterocycles. The van der Waals surface area contributed by atoms with Gasteiger partial charge in [0.2, 0.25) is 0 Å². The number of halogens is 1. The van der Waals surface area contributed by atoms with Crippen molar-refractivity contribution < 1.29 is 9.13 Å². The zero-order chi connectivity index (χ0) is 14.1. The quantitative estimate of drug-likeness (QED) is 0.929. The number of aromatic nitrogens is 1. The first-order valence-corrected chi connectivity index (χ1v) is 7.16. The van der Waals surface area contributed by atoms with Crippen LogP contribution >= 0.6 is 0 Å². The fraction of sp³-hybridized carbons (Fsp3) is 0.500.